The zero-order chi connectivity index (χ0) is 19.4. The topological polar surface area (TPSA) is 63.3 Å². The van der Waals surface area contributed by atoms with Crippen molar-refractivity contribution in [3.63, 3.8) is 0 Å². The van der Waals surface area contributed by atoms with Crippen molar-refractivity contribution < 1.29 is 9.21 Å². The Hall–Kier alpha value is -2.08. The second kappa shape index (κ2) is 8.74. The molecule has 1 unspecified atom stereocenters. The fourth-order valence-electron chi connectivity index (χ4n) is 3.76. The number of rotatable bonds is 8. The predicted octanol–water partition coefficient (Wildman–Crippen LogP) is 3.26. The number of aromatic nitrogens is 2. The van der Waals surface area contributed by atoms with E-state index in [1.807, 2.05) is 23.9 Å². The van der Waals surface area contributed by atoms with E-state index in [9.17, 15) is 4.79 Å². The van der Waals surface area contributed by atoms with Gasteiger partial charge < -0.3 is 14.6 Å². The molecule has 0 aliphatic heterocycles. The van der Waals surface area contributed by atoms with Crippen molar-refractivity contribution in [1.82, 2.24) is 20.0 Å². The van der Waals surface area contributed by atoms with Crippen LogP contribution in [0.3, 0.4) is 0 Å². The predicted molar refractivity (Wildman–Crippen MR) is 106 cm³/mol. The minimum absolute atomic E-state index is 0.0299. The molecule has 0 spiro atoms. The van der Waals surface area contributed by atoms with Crippen molar-refractivity contribution >= 4 is 5.91 Å². The first-order chi connectivity index (χ1) is 13.0. The summed E-state index contributed by atoms with van der Waals surface area (Å²) in [7, 11) is 1.81. The van der Waals surface area contributed by atoms with Crippen LogP contribution in [0.15, 0.2) is 22.8 Å². The van der Waals surface area contributed by atoms with E-state index in [4.69, 9.17) is 4.42 Å². The van der Waals surface area contributed by atoms with Gasteiger partial charge in [0.25, 0.3) is 5.91 Å². The second-order valence-corrected chi connectivity index (χ2v) is 7.91. The average molecular weight is 373 g/mol. The third-order valence-corrected chi connectivity index (χ3v) is 5.32. The smallest absolute Gasteiger partial charge is 0.274 e. The third-order valence-electron chi connectivity index (χ3n) is 5.32. The van der Waals surface area contributed by atoms with Gasteiger partial charge in [-0.25, -0.2) is 0 Å². The van der Waals surface area contributed by atoms with Crippen LogP contribution in [0.2, 0.25) is 0 Å². The molecule has 1 atom stereocenters. The van der Waals surface area contributed by atoms with Crippen LogP contribution < -0.4 is 5.32 Å². The molecule has 2 aromatic heterocycles. The summed E-state index contributed by atoms with van der Waals surface area (Å²) in [5.74, 6) is 1.45. The highest BCUT2D eigenvalue weighted by molar-refractivity contribution is 5.94. The standard InChI is InChI=1S/C21H32N4O2/c1-5-25-19-9-8-16(22-11-10-15(2)3)13-18(19)20(23-25)21(26)24(4)14-17-7-6-12-27-17/h6-7,12,15-16,22H,5,8-11,13-14H2,1-4H3. The summed E-state index contributed by atoms with van der Waals surface area (Å²) in [6.07, 6.45) is 5.77. The van der Waals surface area contributed by atoms with Gasteiger partial charge in [0.05, 0.1) is 12.8 Å². The van der Waals surface area contributed by atoms with Crippen LogP contribution in [-0.2, 0) is 25.9 Å². The van der Waals surface area contributed by atoms with Crippen molar-refractivity contribution in [1.29, 1.82) is 0 Å². The lowest BCUT2D eigenvalue weighted by Gasteiger charge is -2.25. The van der Waals surface area contributed by atoms with E-state index in [-0.39, 0.29) is 5.91 Å². The highest BCUT2D eigenvalue weighted by Crippen LogP contribution is 2.26. The average Bonchev–Trinajstić information content (AvgIpc) is 3.28. The van der Waals surface area contributed by atoms with Gasteiger partial charge in [-0.05, 0) is 57.2 Å². The first-order valence-corrected chi connectivity index (χ1v) is 10.1. The molecule has 1 amide bonds. The van der Waals surface area contributed by atoms with Gasteiger partial charge in [-0.3, -0.25) is 9.48 Å². The lowest BCUT2D eigenvalue weighted by molar-refractivity contribution is 0.0767. The van der Waals surface area contributed by atoms with E-state index in [1.54, 1.807) is 11.2 Å². The number of aryl methyl sites for hydroxylation is 1. The lowest BCUT2D eigenvalue weighted by atomic mass is 9.91. The van der Waals surface area contributed by atoms with Gasteiger partial charge in [-0.15, -0.1) is 0 Å². The van der Waals surface area contributed by atoms with E-state index in [0.29, 0.717) is 24.2 Å². The number of nitrogens with one attached hydrogen (secondary N) is 1. The zero-order valence-corrected chi connectivity index (χ0v) is 17.0. The van der Waals surface area contributed by atoms with E-state index in [0.717, 1.165) is 43.7 Å². The quantitative estimate of drug-likeness (QED) is 0.772. The molecule has 27 heavy (non-hydrogen) atoms. The van der Waals surface area contributed by atoms with Crippen molar-refractivity contribution in [2.24, 2.45) is 5.92 Å². The van der Waals surface area contributed by atoms with Gasteiger partial charge in [0, 0.05) is 30.9 Å². The summed E-state index contributed by atoms with van der Waals surface area (Å²) in [6, 6.07) is 4.15. The Bertz CT molecular complexity index is 749. The Labute approximate surface area is 161 Å². The SMILES string of the molecule is CCn1nc(C(=O)N(C)Cc2ccco2)c2c1CCC(NCCC(C)C)C2. The minimum Gasteiger partial charge on any atom is -0.467 e. The Balaban J connectivity index is 1.74. The first kappa shape index (κ1) is 19.7. The number of carbonyl (C=O) groups excluding carboxylic acids is 1. The van der Waals surface area contributed by atoms with E-state index in [2.05, 4.69) is 31.2 Å². The number of carbonyl (C=O) groups is 1. The summed E-state index contributed by atoms with van der Waals surface area (Å²) in [6.45, 7) is 8.86. The molecule has 3 rings (SSSR count). The lowest BCUT2D eigenvalue weighted by Crippen LogP contribution is -2.36. The van der Waals surface area contributed by atoms with Crippen LogP contribution in [0.1, 0.15) is 61.1 Å². The summed E-state index contributed by atoms with van der Waals surface area (Å²) in [4.78, 5) is 14.8. The molecule has 0 saturated carbocycles. The number of nitrogens with zero attached hydrogens (tertiary/aromatic N) is 3. The van der Waals surface area contributed by atoms with Crippen molar-refractivity contribution in [3.8, 4) is 0 Å². The maximum atomic E-state index is 13.1. The number of hydrogen-bond donors (Lipinski definition) is 1. The summed E-state index contributed by atoms with van der Waals surface area (Å²) >= 11 is 0. The molecule has 0 aromatic carbocycles. The van der Waals surface area contributed by atoms with Crippen molar-refractivity contribution in [2.75, 3.05) is 13.6 Å². The van der Waals surface area contributed by atoms with Crippen LogP contribution in [-0.4, -0.2) is 40.2 Å². The number of hydrogen-bond acceptors (Lipinski definition) is 4. The Kier molecular flexibility index (Phi) is 6.37. The Morgan fingerprint density at radius 3 is 2.96 bits per heavy atom. The van der Waals surface area contributed by atoms with Crippen LogP contribution >= 0.6 is 0 Å². The molecule has 1 N–H and O–H groups in total. The molecule has 0 radical (unpaired) electrons. The molecule has 6 heteroatoms. The molecule has 2 heterocycles. The number of furan rings is 1. The van der Waals surface area contributed by atoms with Crippen LogP contribution in [0, 0.1) is 5.92 Å². The van der Waals surface area contributed by atoms with Gasteiger partial charge in [-0.1, -0.05) is 13.8 Å². The monoisotopic (exact) mass is 372 g/mol. The van der Waals surface area contributed by atoms with Gasteiger partial charge in [0.15, 0.2) is 5.69 Å². The summed E-state index contributed by atoms with van der Waals surface area (Å²) in [5, 5.41) is 8.35. The number of fused-ring (bicyclic) bond motifs is 1. The Morgan fingerprint density at radius 1 is 1.48 bits per heavy atom. The van der Waals surface area contributed by atoms with Crippen LogP contribution in [0.25, 0.3) is 0 Å². The highest BCUT2D eigenvalue weighted by Gasteiger charge is 2.30. The van der Waals surface area contributed by atoms with Gasteiger partial charge in [0.1, 0.15) is 5.76 Å². The molecule has 148 valence electrons. The largest absolute Gasteiger partial charge is 0.467 e. The summed E-state index contributed by atoms with van der Waals surface area (Å²) in [5.41, 5.74) is 2.96. The second-order valence-electron chi connectivity index (χ2n) is 7.91. The molecule has 0 saturated heterocycles. The molecule has 6 nitrogen and oxygen atoms in total. The molecular formula is C21H32N4O2. The molecule has 2 aromatic rings. The molecule has 0 fully saturated rings. The fourth-order valence-corrected chi connectivity index (χ4v) is 3.76. The van der Waals surface area contributed by atoms with Crippen molar-refractivity contribution in [3.05, 3.63) is 41.1 Å². The van der Waals surface area contributed by atoms with Gasteiger partial charge in [-0.2, -0.15) is 5.10 Å². The molecular weight excluding hydrogens is 340 g/mol. The van der Waals surface area contributed by atoms with Crippen molar-refractivity contribution in [2.45, 2.75) is 65.6 Å². The normalized spacial score (nSPS) is 16.6. The van der Waals surface area contributed by atoms with E-state index in [1.165, 1.54) is 12.1 Å². The minimum atomic E-state index is -0.0299. The van der Waals surface area contributed by atoms with Gasteiger partial charge in [0.2, 0.25) is 0 Å². The maximum Gasteiger partial charge on any atom is 0.274 e. The first-order valence-electron chi connectivity index (χ1n) is 10.1. The zero-order valence-electron chi connectivity index (χ0n) is 17.0. The Morgan fingerprint density at radius 2 is 2.30 bits per heavy atom. The van der Waals surface area contributed by atoms with E-state index >= 15 is 0 Å². The molecule has 0 bridgehead atoms. The fraction of sp³-hybridized carbons (Fsp3) is 0.619. The van der Waals surface area contributed by atoms with E-state index < -0.39 is 0 Å². The highest BCUT2D eigenvalue weighted by atomic mass is 16.3. The molecule has 1 aliphatic rings. The summed E-state index contributed by atoms with van der Waals surface area (Å²) < 4.78 is 7.39. The van der Waals surface area contributed by atoms with Gasteiger partial charge >= 0.3 is 0 Å². The maximum absolute atomic E-state index is 13.1. The third kappa shape index (κ3) is 4.61. The molecule has 1 aliphatic carbocycles. The van der Waals surface area contributed by atoms with Crippen LogP contribution in [0.5, 0.6) is 0 Å². The number of amides is 1. The van der Waals surface area contributed by atoms with Crippen LogP contribution in [0.4, 0.5) is 0 Å².